The summed E-state index contributed by atoms with van der Waals surface area (Å²) in [5.41, 5.74) is 2.17. The van der Waals surface area contributed by atoms with Crippen molar-refractivity contribution >= 4 is 11.6 Å². The Hall–Kier alpha value is -1.55. The Kier molecular flexibility index (Phi) is 5.87. The Balaban J connectivity index is 1.91. The minimum atomic E-state index is 0.144. The van der Waals surface area contributed by atoms with Crippen LogP contribution in [0.15, 0.2) is 48.5 Å². The molecule has 0 amide bonds. The van der Waals surface area contributed by atoms with Crippen molar-refractivity contribution in [2.75, 3.05) is 13.2 Å². The van der Waals surface area contributed by atoms with Crippen molar-refractivity contribution in [3.8, 4) is 5.75 Å². The van der Waals surface area contributed by atoms with Gasteiger partial charge in [0, 0.05) is 18.1 Å². The van der Waals surface area contributed by atoms with Crippen molar-refractivity contribution in [3.63, 3.8) is 0 Å². The Labute approximate surface area is 124 Å². The van der Waals surface area contributed by atoms with E-state index in [2.05, 4.69) is 5.32 Å². The van der Waals surface area contributed by atoms with E-state index in [0.717, 1.165) is 23.4 Å². The minimum Gasteiger partial charge on any atom is -0.489 e. The quantitative estimate of drug-likeness (QED) is 0.771. The van der Waals surface area contributed by atoms with E-state index in [-0.39, 0.29) is 6.61 Å². The average molecular weight is 292 g/mol. The summed E-state index contributed by atoms with van der Waals surface area (Å²) in [7, 11) is 0. The van der Waals surface area contributed by atoms with Gasteiger partial charge in [0.2, 0.25) is 0 Å². The van der Waals surface area contributed by atoms with E-state index in [1.54, 1.807) is 0 Å². The molecule has 3 nitrogen and oxygen atoms in total. The third-order valence-electron chi connectivity index (χ3n) is 2.81. The van der Waals surface area contributed by atoms with Crippen molar-refractivity contribution in [2.24, 2.45) is 0 Å². The normalized spacial score (nSPS) is 10.5. The Morgan fingerprint density at radius 1 is 1.05 bits per heavy atom. The zero-order valence-electron chi connectivity index (χ0n) is 11.2. The van der Waals surface area contributed by atoms with Gasteiger partial charge in [0.15, 0.2) is 0 Å². The fraction of sp³-hybridized carbons (Fsp3) is 0.250. The Morgan fingerprint density at radius 2 is 1.85 bits per heavy atom. The maximum atomic E-state index is 8.73. The summed E-state index contributed by atoms with van der Waals surface area (Å²) in [6.07, 6.45) is 0. The lowest BCUT2D eigenvalue weighted by Crippen LogP contribution is -2.17. The highest BCUT2D eigenvalue weighted by Gasteiger charge is 1.99. The second-order valence-corrected chi connectivity index (χ2v) is 4.90. The number of aliphatic hydroxyl groups is 1. The van der Waals surface area contributed by atoms with Crippen LogP contribution >= 0.6 is 11.6 Å². The molecular weight excluding hydrogens is 274 g/mol. The van der Waals surface area contributed by atoms with E-state index in [0.29, 0.717) is 18.2 Å². The monoisotopic (exact) mass is 291 g/mol. The molecule has 0 aliphatic rings. The number of benzene rings is 2. The summed E-state index contributed by atoms with van der Waals surface area (Å²) >= 11 is 5.94. The lowest BCUT2D eigenvalue weighted by molar-refractivity contribution is 0.291. The van der Waals surface area contributed by atoms with Crippen LogP contribution in [-0.4, -0.2) is 18.3 Å². The first-order valence-corrected chi connectivity index (χ1v) is 6.93. The first-order chi connectivity index (χ1) is 9.78. The molecule has 2 N–H and O–H groups in total. The second-order valence-electron chi connectivity index (χ2n) is 4.47. The van der Waals surface area contributed by atoms with E-state index < -0.39 is 0 Å². The molecule has 0 spiro atoms. The first-order valence-electron chi connectivity index (χ1n) is 6.55. The number of hydrogen-bond acceptors (Lipinski definition) is 3. The van der Waals surface area contributed by atoms with Gasteiger partial charge in [-0.3, -0.25) is 0 Å². The number of aliphatic hydroxyl groups excluding tert-OH is 1. The van der Waals surface area contributed by atoms with E-state index >= 15 is 0 Å². The molecule has 20 heavy (non-hydrogen) atoms. The molecule has 0 saturated carbocycles. The van der Waals surface area contributed by atoms with Gasteiger partial charge in [-0.25, -0.2) is 0 Å². The molecule has 106 valence electrons. The highest BCUT2D eigenvalue weighted by Crippen LogP contribution is 2.16. The van der Waals surface area contributed by atoms with Crippen LogP contribution in [0.2, 0.25) is 5.02 Å². The van der Waals surface area contributed by atoms with Gasteiger partial charge >= 0.3 is 0 Å². The van der Waals surface area contributed by atoms with Crippen LogP contribution in [0.1, 0.15) is 11.1 Å². The van der Waals surface area contributed by atoms with Crippen LogP contribution < -0.4 is 10.1 Å². The Bertz CT molecular complexity index is 546. The molecule has 0 aliphatic carbocycles. The molecule has 0 heterocycles. The molecule has 0 atom stereocenters. The smallest absolute Gasteiger partial charge is 0.120 e. The fourth-order valence-electron chi connectivity index (χ4n) is 1.85. The first kappa shape index (κ1) is 14.9. The topological polar surface area (TPSA) is 41.5 Å². The molecule has 0 aliphatic heterocycles. The van der Waals surface area contributed by atoms with Crippen LogP contribution in [-0.2, 0) is 13.2 Å². The zero-order valence-corrected chi connectivity index (χ0v) is 11.9. The molecule has 4 heteroatoms. The van der Waals surface area contributed by atoms with E-state index in [9.17, 15) is 0 Å². The highest BCUT2D eigenvalue weighted by atomic mass is 35.5. The summed E-state index contributed by atoms with van der Waals surface area (Å²) in [5, 5.41) is 12.6. The molecule has 2 rings (SSSR count). The van der Waals surface area contributed by atoms with E-state index in [1.807, 2.05) is 48.5 Å². The Morgan fingerprint density at radius 3 is 2.65 bits per heavy atom. The third-order valence-corrected chi connectivity index (χ3v) is 3.05. The number of rotatable bonds is 7. The molecule has 0 unspecified atom stereocenters. The summed E-state index contributed by atoms with van der Waals surface area (Å²) in [6, 6.07) is 15.6. The van der Waals surface area contributed by atoms with Crippen LogP contribution in [0, 0.1) is 0 Å². The molecular formula is C16H18ClNO2. The van der Waals surface area contributed by atoms with E-state index in [1.165, 1.54) is 0 Å². The lowest BCUT2D eigenvalue weighted by atomic mass is 10.2. The molecule has 0 bridgehead atoms. The van der Waals surface area contributed by atoms with Gasteiger partial charge < -0.3 is 15.2 Å². The van der Waals surface area contributed by atoms with Crippen molar-refractivity contribution in [1.29, 1.82) is 0 Å². The average Bonchev–Trinajstić information content (AvgIpc) is 2.46. The number of hydrogen-bond donors (Lipinski definition) is 2. The molecule has 0 aromatic heterocycles. The summed E-state index contributed by atoms with van der Waals surface area (Å²) in [6.45, 7) is 1.95. The molecule has 0 radical (unpaired) electrons. The van der Waals surface area contributed by atoms with Gasteiger partial charge in [0.1, 0.15) is 12.4 Å². The fourth-order valence-corrected chi connectivity index (χ4v) is 2.06. The van der Waals surface area contributed by atoms with Gasteiger partial charge in [-0.1, -0.05) is 35.9 Å². The molecule has 2 aromatic rings. The third kappa shape index (κ3) is 4.85. The van der Waals surface area contributed by atoms with Crippen molar-refractivity contribution < 1.29 is 9.84 Å². The lowest BCUT2D eigenvalue weighted by Gasteiger charge is -2.09. The number of halogens is 1. The SMILES string of the molecule is OCCNCc1cccc(OCc2cccc(Cl)c2)c1. The summed E-state index contributed by atoms with van der Waals surface area (Å²) < 4.78 is 5.76. The van der Waals surface area contributed by atoms with Crippen molar-refractivity contribution in [3.05, 3.63) is 64.7 Å². The standard InChI is InChI=1S/C16H18ClNO2/c17-15-5-1-4-14(9-15)12-20-16-6-2-3-13(10-16)11-18-7-8-19/h1-6,9-10,18-19H,7-8,11-12H2. The van der Waals surface area contributed by atoms with Gasteiger partial charge in [-0.05, 0) is 35.4 Å². The largest absolute Gasteiger partial charge is 0.489 e. The van der Waals surface area contributed by atoms with Gasteiger partial charge in [0.25, 0.3) is 0 Å². The maximum absolute atomic E-state index is 8.73. The molecule has 0 fully saturated rings. The zero-order chi connectivity index (χ0) is 14.2. The van der Waals surface area contributed by atoms with Crippen molar-refractivity contribution in [1.82, 2.24) is 5.32 Å². The van der Waals surface area contributed by atoms with Crippen molar-refractivity contribution in [2.45, 2.75) is 13.2 Å². The molecule has 2 aromatic carbocycles. The van der Waals surface area contributed by atoms with Crippen LogP contribution in [0.4, 0.5) is 0 Å². The predicted octanol–water partition coefficient (Wildman–Crippen LogP) is 3.00. The van der Waals surface area contributed by atoms with Crippen LogP contribution in [0.25, 0.3) is 0 Å². The summed E-state index contributed by atoms with van der Waals surface area (Å²) in [4.78, 5) is 0. The summed E-state index contributed by atoms with van der Waals surface area (Å²) in [5.74, 6) is 0.827. The number of ether oxygens (including phenoxy) is 1. The minimum absolute atomic E-state index is 0.144. The van der Waals surface area contributed by atoms with Gasteiger partial charge in [-0.2, -0.15) is 0 Å². The van der Waals surface area contributed by atoms with Crippen LogP contribution in [0.5, 0.6) is 5.75 Å². The maximum Gasteiger partial charge on any atom is 0.120 e. The van der Waals surface area contributed by atoms with Gasteiger partial charge in [-0.15, -0.1) is 0 Å². The number of nitrogens with one attached hydrogen (secondary N) is 1. The van der Waals surface area contributed by atoms with E-state index in [4.69, 9.17) is 21.4 Å². The molecule has 0 saturated heterocycles. The van der Waals surface area contributed by atoms with Crippen LogP contribution in [0.3, 0.4) is 0 Å². The predicted molar refractivity (Wildman–Crippen MR) is 81.0 cm³/mol. The highest BCUT2D eigenvalue weighted by molar-refractivity contribution is 6.30. The second kappa shape index (κ2) is 7.90. The van der Waals surface area contributed by atoms with Gasteiger partial charge in [0.05, 0.1) is 6.61 Å².